The Hall–Kier alpha value is -2.76. The van der Waals surface area contributed by atoms with Crippen LogP contribution in [0.15, 0.2) is 52.7 Å². The van der Waals surface area contributed by atoms with Crippen molar-refractivity contribution in [2.75, 3.05) is 0 Å². The number of amidine groups is 1. The maximum atomic E-state index is 11.6. The van der Waals surface area contributed by atoms with Crippen LogP contribution >= 0.6 is 0 Å². The molecule has 1 atom stereocenters. The van der Waals surface area contributed by atoms with Gasteiger partial charge in [0, 0.05) is 24.5 Å². The molecule has 2 heterocycles. The van der Waals surface area contributed by atoms with Crippen molar-refractivity contribution in [1.29, 1.82) is 0 Å². The Labute approximate surface area is 146 Å². The van der Waals surface area contributed by atoms with Gasteiger partial charge in [-0.05, 0) is 5.56 Å². The van der Waals surface area contributed by atoms with E-state index in [1.165, 1.54) is 5.56 Å². The van der Waals surface area contributed by atoms with Crippen LogP contribution in [0.3, 0.4) is 0 Å². The summed E-state index contributed by atoms with van der Waals surface area (Å²) >= 11 is 0. The normalized spacial score (nSPS) is 20.2. The van der Waals surface area contributed by atoms with Crippen molar-refractivity contribution < 1.29 is 14.4 Å². The van der Waals surface area contributed by atoms with Gasteiger partial charge in [0.15, 0.2) is 0 Å². The first-order chi connectivity index (χ1) is 11.9. The number of carbonyl (C=O) groups excluding carboxylic acids is 2. The van der Waals surface area contributed by atoms with Crippen molar-refractivity contribution in [2.45, 2.75) is 44.6 Å². The van der Waals surface area contributed by atoms with Gasteiger partial charge in [0.25, 0.3) is 11.8 Å². The number of hydroxylamine groups is 2. The standard InChI is InChI=1S/C19H21N3O3/c1-13(25-22-17(23)9-10-18(22)24)11-16-20-12-15(21-16)19(2,3)14-7-5-4-6-8-14/h4-8,12,15H,1,9-11H2,2-3H3. The molecule has 2 amide bonds. The Morgan fingerprint density at radius 1 is 1.24 bits per heavy atom. The van der Waals surface area contributed by atoms with E-state index in [9.17, 15) is 9.59 Å². The Bertz CT molecular complexity index is 749. The molecule has 0 bridgehead atoms. The summed E-state index contributed by atoms with van der Waals surface area (Å²) in [5.41, 5.74) is 0.982. The lowest BCUT2D eigenvalue weighted by atomic mass is 9.78. The number of benzene rings is 1. The van der Waals surface area contributed by atoms with E-state index in [-0.39, 0.29) is 48.3 Å². The summed E-state index contributed by atoms with van der Waals surface area (Å²) in [6.07, 6.45) is 2.44. The van der Waals surface area contributed by atoms with Crippen LogP contribution in [0, 0.1) is 0 Å². The molecule has 1 fully saturated rings. The topological polar surface area (TPSA) is 71.3 Å². The summed E-state index contributed by atoms with van der Waals surface area (Å²) in [7, 11) is 0. The fraction of sp³-hybridized carbons (Fsp3) is 0.368. The molecule has 1 aromatic carbocycles. The first-order valence-electron chi connectivity index (χ1n) is 8.26. The molecule has 25 heavy (non-hydrogen) atoms. The van der Waals surface area contributed by atoms with Gasteiger partial charge in [-0.25, -0.2) is 4.99 Å². The van der Waals surface area contributed by atoms with Crippen molar-refractivity contribution >= 4 is 23.9 Å². The van der Waals surface area contributed by atoms with Crippen molar-refractivity contribution in [1.82, 2.24) is 5.06 Å². The Kier molecular flexibility index (Phi) is 4.53. The first kappa shape index (κ1) is 17.1. The van der Waals surface area contributed by atoms with E-state index < -0.39 is 0 Å². The van der Waals surface area contributed by atoms with Crippen LogP contribution in [0.1, 0.15) is 38.7 Å². The highest BCUT2D eigenvalue weighted by molar-refractivity contribution is 6.01. The largest absolute Gasteiger partial charge is 0.374 e. The van der Waals surface area contributed by atoms with Gasteiger partial charge >= 0.3 is 0 Å². The highest BCUT2D eigenvalue weighted by atomic mass is 16.7. The number of aliphatic imine (C=N–C) groups is 2. The molecule has 130 valence electrons. The molecule has 0 saturated carbocycles. The zero-order valence-corrected chi connectivity index (χ0v) is 14.4. The summed E-state index contributed by atoms with van der Waals surface area (Å²) in [4.78, 5) is 37.5. The highest BCUT2D eigenvalue weighted by Gasteiger charge is 2.34. The summed E-state index contributed by atoms with van der Waals surface area (Å²) in [6, 6.07) is 10.1. The summed E-state index contributed by atoms with van der Waals surface area (Å²) < 4.78 is 0. The van der Waals surface area contributed by atoms with Gasteiger partial charge in [-0.2, -0.15) is 0 Å². The molecule has 1 saturated heterocycles. The molecular formula is C19H21N3O3. The number of hydrogen-bond donors (Lipinski definition) is 0. The molecule has 0 aromatic heterocycles. The molecule has 6 nitrogen and oxygen atoms in total. The van der Waals surface area contributed by atoms with Crippen molar-refractivity contribution in [3.8, 4) is 0 Å². The molecule has 0 spiro atoms. The van der Waals surface area contributed by atoms with Gasteiger partial charge in [0.1, 0.15) is 11.6 Å². The lowest BCUT2D eigenvalue weighted by molar-refractivity contribution is -0.176. The van der Waals surface area contributed by atoms with E-state index in [4.69, 9.17) is 4.84 Å². The van der Waals surface area contributed by atoms with Crippen LogP contribution < -0.4 is 0 Å². The zero-order valence-electron chi connectivity index (χ0n) is 14.4. The van der Waals surface area contributed by atoms with E-state index in [0.717, 1.165) is 5.06 Å². The number of amides is 2. The predicted octanol–water partition coefficient (Wildman–Crippen LogP) is 2.80. The molecule has 0 N–H and O–H groups in total. The van der Waals surface area contributed by atoms with Crippen LogP contribution in [-0.4, -0.2) is 35.0 Å². The average molecular weight is 339 g/mol. The molecule has 2 aliphatic heterocycles. The van der Waals surface area contributed by atoms with Gasteiger partial charge in [0.2, 0.25) is 0 Å². The fourth-order valence-electron chi connectivity index (χ4n) is 2.86. The molecular weight excluding hydrogens is 318 g/mol. The lowest BCUT2D eigenvalue weighted by Crippen LogP contribution is -2.32. The fourth-order valence-corrected chi connectivity index (χ4v) is 2.86. The van der Waals surface area contributed by atoms with E-state index >= 15 is 0 Å². The smallest absolute Gasteiger partial charge is 0.263 e. The SMILES string of the molecule is C=C(CC1=NC(C(C)(C)c2ccccc2)C=N1)ON1C(=O)CCC1=O. The van der Waals surface area contributed by atoms with Gasteiger partial charge in [-0.3, -0.25) is 14.6 Å². The lowest BCUT2D eigenvalue weighted by Gasteiger charge is -2.28. The molecule has 6 heteroatoms. The minimum atomic E-state index is -0.342. The maximum Gasteiger partial charge on any atom is 0.263 e. The van der Waals surface area contributed by atoms with Crippen LogP contribution in [0.4, 0.5) is 0 Å². The van der Waals surface area contributed by atoms with Crippen molar-refractivity contribution in [2.24, 2.45) is 9.98 Å². The molecule has 3 rings (SSSR count). The third-order valence-electron chi connectivity index (χ3n) is 4.49. The first-order valence-corrected chi connectivity index (χ1v) is 8.26. The molecule has 0 aliphatic carbocycles. The van der Waals surface area contributed by atoms with Gasteiger partial charge in [-0.1, -0.05) is 50.8 Å². The van der Waals surface area contributed by atoms with E-state index in [1.54, 1.807) is 0 Å². The average Bonchev–Trinajstić information content (AvgIpc) is 3.18. The quantitative estimate of drug-likeness (QED) is 0.591. The van der Waals surface area contributed by atoms with Gasteiger partial charge in [0.05, 0.1) is 12.5 Å². The number of imide groups is 1. The molecule has 1 aromatic rings. The molecule has 0 radical (unpaired) electrons. The van der Waals surface area contributed by atoms with Crippen LogP contribution in [0.5, 0.6) is 0 Å². The second-order valence-electron chi connectivity index (χ2n) is 6.74. The third-order valence-corrected chi connectivity index (χ3v) is 4.49. The van der Waals surface area contributed by atoms with Crippen molar-refractivity contribution in [3.05, 3.63) is 48.2 Å². The number of hydrogen-bond acceptors (Lipinski definition) is 5. The summed E-state index contributed by atoms with van der Waals surface area (Å²) in [6.45, 7) is 8.02. The number of carbonyl (C=O) groups is 2. The zero-order chi connectivity index (χ0) is 18.0. The van der Waals surface area contributed by atoms with Crippen molar-refractivity contribution in [3.63, 3.8) is 0 Å². The van der Waals surface area contributed by atoms with Gasteiger partial charge < -0.3 is 4.84 Å². The number of nitrogens with zero attached hydrogens (tertiary/aromatic N) is 3. The van der Waals surface area contributed by atoms with E-state index in [2.05, 4.69) is 42.5 Å². The predicted molar refractivity (Wildman–Crippen MR) is 95.1 cm³/mol. The Morgan fingerprint density at radius 2 is 1.88 bits per heavy atom. The Balaban J connectivity index is 1.64. The van der Waals surface area contributed by atoms with Gasteiger partial charge in [-0.15, -0.1) is 5.06 Å². The number of rotatable bonds is 6. The second kappa shape index (κ2) is 6.63. The van der Waals surface area contributed by atoms with E-state index in [0.29, 0.717) is 5.84 Å². The molecule has 2 aliphatic rings. The highest BCUT2D eigenvalue weighted by Crippen LogP contribution is 2.30. The minimum absolute atomic E-state index is 0.0900. The van der Waals surface area contributed by atoms with Crippen LogP contribution in [-0.2, 0) is 19.8 Å². The Morgan fingerprint density at radius 3 is 2.52 bits per heavy atom. The molecule has 1 unspecified atom stereocenters. The van der Waals surface area contributed by atoms with Crippen LogP contribution in [0.25, 0.3) is 0 Å². The minimum Gasteiger partial charge on any atom is -0.374 e. The summed E-state index contributed by atoms with van der Waals surface area (Å²) in [5, 5.41) is 0.785. The summed E-state index contributed by atoms with van der Waals surface area (Å²) in [5.74, 6) is 0.174. The van der Waals surface area contributed by atoms with Crippen LogP contribution in [0.2, 0.25) is 0 Å². The second-order valence-corrected chi connectivity index (χ2v) is 6.74. The maximum absolute atomic E-state index is 11.6. The third kappa shape index (κ3) is 3.52. The van der Waals surface area contributed by atoms with E-state index in [1.807, 2.05) is 24.4 Å². The monoisotopic (exact) mass is 339 g/mol.